The molecule has 0 aliphatic carbocycles. The van der Waals surface area contributed by atoms with Crippen molar-refractivity contribution in [3.05, 3.63) is 6.92 Å². The maximum atomic E-state index is 11.4. The molecular weight excluding hydrogens is 414 g/mol. The molecule has 5 nitrogen and oxygen atoms in total. The molecule has 7 heteroatoms. The first-order valence-electron chi connectivity index (χ1n) is 6.02. The van der Waals surface area contributed by atoms with E-state index in [4.69, 9.17) is 9.47 Å². The van der Waals surface area contributed by atoms with Gasteiger partial charge in [0.25, 0.3) is 5.97 Å². The van der Waals surface area contributed by atoms with Crippen molar-refractivity contribution in [2.24, 2.45) is 0 Å². The minimum atomic E-state index is -0.943. The summed E-state index contributed by atoms with van der Waals surface area (Å²) in [7, 11) is 0. The number of alkyl carbamates (subject to hydrolysis) is 1. The molecule has 0 aromatic heterocycles. The Morgan fingerprint density at radius 2 is 1.89 bits per heavy atom. The van der Waals surface area contributed by atoms with Crippen LogP contribution in [0.3, 0.4) is 0 Å². The second-order valence-corrected chi connectivity index (χ2v) is 4.72. The summed E-state index contributed by atoms with van der Waals surface area (Å²) in [5.41, 5.74) is -0.601. The van der Waals surface area contributed by atoms with E-state index in [-0.39, 0.29) is 0 Å². The van der Waals surface area contributed by atoms with Crippen LogP contribution < -0.4 is 5.32 Å². The zero-order valence-electron chi connectivity index (χ0n) is 12.1. The molecule has 0 aromatic carbocycles. The SMILES string of the molecule is [CH2-][C@H](NC(=O)OC(C)(C)C)C(=O)OCCCC.[Zn+][I]. The number of esters is 1. The fraction of sp³-hybridized carbons (Fsp3) is 0.750. The van der Waals surface area contributed by atoms with Gasteiger partial charge in [-0.15, -0.1) is 0 Å². The molecule has 0 rings (SSSR count). The molecule has 0 spiro atoms. The van der Waals surface area contributed by atoms with Gasteiger partial charge in [0.05, 0.1) is 6.61 Å². The fourth-order valence-corrected chi connectivity index (χ4v) is 0.926. The van der Waals surface area contributed by atoms with E-state index in [2.05, 4.69) is 32.0 Å². The van der Waals surface area contributed by atoms with Crippen molar-refractivity contribution < 1.29 is 33.9 Å². The Balaban J connectivity index is 0. The Labute approximate surface area is 136 Å². The average Bonchev–Trinajstić information content (AvgIpc) is 2.29. The van der Waals surface area contributed by atoms with Gasteiger partial charge in [-0.25, -0.2) is 4.79 Å². The van der Waals surface area contributed by atoms with Gasteiger partial charge in [0, 0.05) is 6.04 Å². The Morgan fingerprint density at radius 3 is 2.32 bits per heavy atom. The third-order valence-corrected chi connectivity index (χ3v) is 1.72. The molecule has 0 unspecified atom stereocenters. The van der Waals surface area contributed by atoms with Gasteiger partial charge in [0.15, 0.2) is 0 Å². The van der Waals surface area contributed by atoms with Gasteiger partial charge >= 0.3 is 40.6 Å². The van der Waals surface area contributed by atoms with Crippen LogP contribution in [-0.2, 0) is 29.1 Å². The van der Waals surface area contributed by atoms with Gasteiger partial charge in [-0.1, -0.05) is 13.3 Å². The van der Waals surface area contributed by atoms with Crippen LogP contribution in [0.25, 0.3) is 0 Å². The van der Waals surface area contributed by atoms with Crippen LogP contribution in [0, 0.1) is 6.92 Å². The number of nitrogens with one attached hydrogen (secondary N) is 1. The molecule has 0 aliphatic rings. The average molecular weight is 437 g/mol. The van der Waals surface area contributed by atoms with Crippen molar-refractivity contribution in [2.45, 2.75) is 52.2 Å². The summed E-state index contributed by atoms with van der Waals surface area (Å²) in [5, 5.41) is 2.32. The van der Waals surface area contributed by atoms with E-state index >= 15 is 0 Å². The first kappa shape index (κ1) is 21.4. The molecular formula is C12H22INO4Zn. The Bertz CT molecular complexity index is 269. The number of ether oxygens (including phenoxy) is 2. The van der Waals surface area contributed by atoms with Gasteiger partial charge in [-0.2, -0.15) is 0 Å². The van der Waals surface area contributed by atoms with Crippen LogP contribution in [0.2, 0.25) is 0 Å². The standard InChI is InChI=1S/C12H22NO4.HI.Zn/c1-6-7-8-16-10(14)9(2)13-11(15)17-12(3,4)5;;/h9H,2,6-8H2,1,3-5H3,(H,13,15);1H;/q-1;;+2/p-1/t9-;;/m0../s1. The molecule has 1 atom stereocenters. The van der Waals surface area contributed by atoms with Crippen LogP contribution in [0.1, 0.15) is 40.5 Å². The molecule has 0 heterocycles. The minimum absolute atomic E-state index is 0.345. The number of rotatable bonds is 5. The molecule has 108 valence electrons. The van der Waals surface area contributed by atoms with Gasteiger partial charge in [0.1, 0.15) is 5.60 Å². The van der Waals surface area contributed by atoms with Crippen molar-refractivity contribution in [3.63, 3.8) is 0 Å². The first-order valence-corrected chi connectivity index (χ1v) is 15.1. The number of carbonyl (C=O) groups excluding carboxylic acids is 2. The van der Waals surface area contributed by atoms with Crippen LogP contribution in [0.15, 0.2) is 0 Å². The number of carbonyl (C=O) groups is 2. The van der Waals surface area contributed by atoms with Crippen LogP contribution in [0.5, 0.6) is 0 Å². The number of amides is 1. The molecule has 0 bridgehead atoms. The summed E-state index contributed by atoms with van der Waals surface area (Å²) in [6.07, 6.45) is 1.06. The van der Waals surface area contributed by atoms with Crippen molar-refractivity contribution in [3.8, 4) is 0 Å². The van der Waals surface area contributed by atoms with E-state index < -0.39 is 23.7 Å². The summed E-state index contributed by atoms with van der Waals surface area (Å²) in [5.74, 6) is -0.552. The summed E-state index contributed by atoms with van der Waals surface area (Å²) < 4.78 is 9.89. The van der Waals surface area contributed by atoms with Gasteiger partial charge in [0.2, 0.25) is 0 Å². The van der Waals surface area contributed by atoms with Crippen molar-refractivity contribution in [1.29, 1.82) is 0 Å². The topological polar surface area (TPSA) is 64.6 Å². The Kier molecular flexibility index (Phi) is 13.4. The number of unbranched alkanes of at least 4 members (excludes halogenated alkanes) is 1. The Hall–Kier alpha value is 0.0934. The second kappa shape index (κ2) is 11.9. The predicted molar refractivity (Wildman–Crippen MR) is 78.4 cm³/mol. The number of hydrogen-bond donors (Lipinski definition) is 1. The molecule has 1 amide bonds. The molecule has 1 N–H and O–H groups in total. The van der Waals surface area contributed by atoms with Crippen molar-refractivity contribution in [2.75, 3.05) is 6.61 Å². The first-order chi connectivity index (χ1) is 8.76. The van der Waals surface area contributed by atoms with Crippen molar-refractivity contribution >= 4 is 31.8 Å². The zero-order valence-corrected chi connectivity index (χ0v) is 17.2. The predicted octanol–water partition coefficient (Wildman–Crippen LogP) is 2.94. The van der Waals surface area contributed by atoms with E-state index in [0.29, 0.717) is 6.61 Å². The number of hydrogen-bond acceptors (Lipinski definition) is 4. The third-order valence-electron chi connectivity index (χ3n) is 1.72. The molecule has 0 radical (unpaired) electrons. The molecule has 0 saturated carbocycles. The maximum absolute atomic E-state index is 11.4. The van der Waals surface area contributed by atoms with E-state index in [9.17, 15) is 9.59 Å². The van der Waals surface area contributed by atoms with Crippen LogP contribution >= 0.6 is 19.8 Å². The van der Waals surface area contributed by atoms with E-state index in [1.807, 2.05) is 6.92 Å². The normalized spacial score (nSPS) is 11.8. The second-order valence-electron chi connectivity index (χ2n) is 4.72. The summed E-state index contributed by atoms with van der Waals surface area (Å²) >= 11 is 3.62. The molecule has 0 fully saturated rings. The molecule has 0 saturated heterocycles. The van der Waals surface area contributed by atoms with E-state index in [1.165, 1.54) is 14.8 Å². The Morgan fingerprint density at radius 1 is 1.37 bits per heavy atom. The summed E-state index contributed by atoms with van der Waals surface area (Å²) in [6.45, 7) is 11.1. The monoisotopic (exact) mass is 435 g/mol. The van der Waals surface area contributed by atoms with Crippen LogP contribution in [0.4, 0.5) is 4.79 Å². The van der Waals surface area contributed by atoms with Gasteiger partial charge < -0.3 is 21.7 Å². The van der Waals surface area contributed by atoms with E-state index in [1.54, 1.807) is 20.8 Å². The third kappa shape index (κ3) is 14.3. The summed E-state index contributed by atoms with van der Waals surface area (Å²) in [6, 6.07) is -0.943. The summed E-state index contributed by atoms with van der Waals surface area (Å²) in [4.78, 5) is 22.7. The molecule has 0 aromatic rings. The van der Waals surface area contributed by atoms with Crippen LogP contribution in [-0.4, -0.2) is 30.3 Å². The molecule has 19 heavy (non-hydrogen) atoms. The van der Waals surface area contributed by atoms with Gasteiger partial charge in [-0.05, 0) is 27.2 Å². The molecule has 0 aliphatic heterocycles. The fourth-order valence-electron chi connectivity index (χ4n) is 0.926. The van der Waals surface area contributed by atoms with E-state index in [0.717, 1.165) is 12.8 Å². The van der Waals surface area contributed by atoms with Gasteiger partial charge in [-0.3, -0.25) is 4.79 Å². The number of halogens is 1. The zero-order chi connectivity index (χ0) is 15.5. The quantitative estimate of drug-likeness (QED) is 0.237. The van der Waals surface area contributed by atoms with Crippen molar-refractivity contribution in [1.82, 2.24) is 5.32 Å².